The maximum atomic E-state index is 13.8. The summed E-state index contributed by atoms with van der Waals surface area (Å²) in [5, 5.41) is 7.69. The molecule has 0 radical (unpaired) electrons. The molecule has 0 amide bonds. The molecule has 0 unspecified atom stereocenters. The van der Waals surface area contributed by atoms with Gasteiger partial charge < -0.3 is 5.32 Å². The van der Waals surface area contributed by atoms with Gasteiger partial charge in [-0.2, -0.15) is 17.6 Å². The summed E-state index contributed by atoms with van der Waals surface area (Å²) in [6, 6.07) is 15.6. The van der Waals surface area contributed by atoms with Crippen molar-refractivity contribution in [1.29, 1.82) is 0 Å². The van der Waals surface area contributed by atoms with E-state index in [4.69, 9.17) is 4.98 Å². The van der Waals surface area contributed by atoms with Crippen LogP contribution in [0.3, 0.4) is 0 Å². The van der Waals surface area contributed by atoms with Gasteiger partial charge in [0.25, 0.3) is 10.0 Å². The Morgan fingerprint density at radius 2 is 1.82 bits per heavy atom. The van der Waals surface area contributed by atoms with E-state index in [0.29, 0.717) is 30.6 Å². The molecular weight excluding hydrogens is 510 g/mol. The summed E-state index contributed by atoms with van der Waals surface area (Å²) in [4.78, 5) is 17.7. The lowest BCUT2D eigenvalue weighted by molar-refractivity contribution is 0.103. The molecule has 2 aliphatic rings. The van der Waals surface area contributed by atoms with Crippen molar-refractivity contribution in [2.75, 3.05) is 13.1 Å². The SMILES string of the molecule is O=C(c1ccc(F)cc1)c1cccc([C@@]23CNCC[C@H]2Cc2c(cnn2S(=O)(=O)c2cccc(F)c2)C3)n1. The normalized spacial score (nSPS) is 20.9. The molecule has 2 aromatic heterocycles. The van der Waals surface area contributed by atoms with E-state index in [9.17, 15) is 22.0 Å². The van der Waals surface area contributed by atoms with E-state index in [0.717, 1.165) is 34.4 Å². The van der Waals surface area contributed by atoms with Gasteiger partial charge in [0, 0.05) is 23.2 Å². The van der Waals surface area contributed by atoms with Crippen LogP contribution >= 0.6 is 0 Å². The first-order valence-corrected chi connectivity index (χ1v) is 13.8. The highest BCUT2D eigenvalue weighted by Crippen LogP contribution is 2.45. The van der Waals surface area contributed by atoms with Crippen molar-refractivity contribution in [2.24, 2.45) is 5.92 Å². The van der Waals surface area contributed by atoms with Crippen molar-refractivity contribution >= 4 is 15.8 Å². The minimum atomic E-state index is -4.07. The Kier molecular flexibility index (Phi) is 5.96. The number of aromatic nitrogens is 3. The summed E-state index contributed by atoms with van der Waals surface area (Å²) in [6.07, 6.45) is 3.28. The Balaban J connectivity index is 1.39. The smallest absolute Gasteiger partial charge is 0.283 e. The van der Waals surface area contributed by atoms with Crippen LogP contribution in [0.4, 0.5) is 8.78 Å². The van der Waals surface area contributed by atoms with Crippen molar-refractivity contribution in [3.05, 3.63) is 113 Å². The van der Waals surface area contributed by atoms with E-state index in [-0.39, 0.29) is 22.3 Å². The first kappa shape index (κ1) is 24.6. The molecule has 0 spiro atoms. The van der Waals surface area contributed by atoms with Gasteiger partial charge >= 0.3 is 0 Å². The van der Waals surface area contributed by atoms with Crippen LogP contribution in [0.2, 0.25) is 0 Å². The molecule has 7 nitrogen and oxygen atoms in total. The number of carbonyl (C=O) groups is 1. The van der Waals surface area contributed by atoms with Gasteiger partial charge in [0.15, 0.2) is 0 Å². The molecule has 1 fully saturated rings. The fourth-order valence-electron chi connectivity index (χ4n) is 5.74. The molecule has 1 saturated heterocycles. The van der Waals surface area contributed by atoms with Crippen molar-refractivity contribution in [2.45, 2.75) is 29.6 Å². The van der Waals surface area contributed by atoms with Gasteiger partial charge in [0.2, 0.25) is 5.78 Å². The maximum absolute atomic E-state index is 13.8. The van der Waals surface area contributed by atoms with Gasteiger partial charge in [-0.25, -0.2) is 13.8 Å². The van der Waals surface area contributed by atoms with Crippen LogP contribution in [0, 0.1) is 17.6 Å². The molecule has 1 aliphatic heterocycles. The second-order valence-electron chi connectivity index (χ2n) is 9.87. The third kappa shape index (κ3) is 4.04. The molecule has 6 rings (SSSR count). The van der Waals surface area contributed by atoms with Crippen molar-refractivity contribution in [3.63, 3.8) is 0 Å². The topological polar surface area (TPSA) is 94.0 Å². The molecule has 3 heterocycles. The summed E-state index contributed by atoms with van der Waals surface area (Å²) in [5.41, 5.74) is 2.26. The Hall–Kier alpha value is -3.76. The number of carbonyl (C=O) groups excluding carboxylic acids is 1. The van der Waals surface area contributed by atoms with Crippen LogP contribution < -0.4 is 5.32 Å². The number of rotatable bonds is 5. The predicted molar refractivity (Wildman–Crippen MR) is 135 cm³/mol. The average molecular weight is 535 g/mol. The molecule has 1 N–H and O–H groups in total. The molecular formula is C28H24F2N4O3S. The van der Waals surface area contributed by atoms with Gasteiger partial charge in [-0.05, 0) is 91.9 Å². The summed E-state index contributed by atoms with van der Waals surface area (Å²) in [7, 11) is -4.07. The van der Waals surface area contributed by atoms with Crippen LogP contribution in [0.5, 0.6) is 0 Å². The van der Waals surface area contributed by atoms with E-state index in [1.54, 1.807) is 18.3 Å². The minimum Gasteiger partial charge on any atom is -0.316 e. The fraction of sp³-hybridized carbons (Fsp3) is 0.250. The van der Waals surface area contributed by atoms with E-state index in [2.05, 4.69) is 10.4 Å². The average Bonchev–Trinajstić information content (AvgIpc) is 3.35. The van der Waals surface area contributed by atoms with Crippen molar-refractivity contribution in [1.82, 2.24) is 19.5 Å². The zero-order valence-electron chi connectivity index (χ0n) is 20.3. The summed E-state index contributed by atoms with van der Waals surface area (Å²) in [6.45, 7) is 1.38. The molecule has 194 valence electrons. The van der Waals surface area contributed by atoms with Crippen molar-refractivity contribution < 1.29 is 22.0 Å². The highest BCUT2D eigenvalue weighted by atomic mass is 32.2. The summed E-state index contributed by atoms with van der Waals surface area (Å²) < 4.78 is 54.9. The second kappa shape index (κ2) is 9.21. The molecule has 2 atom stereocenters. The maximum Gasteiger partial charge on any atom is 0.283 e. The van der Waals surface area contributed by atoms with Crippen LogP contribution in [0.15, 0.2) is 77.8 Å². The lowest BCUT2D eigenvalue weighted by Crippen LogP contribution is -2.54. The summed E-state index contributed by atoms with van der Waals surface area (Å²) >= 11 is 0. The van der Waals surface area contributed by atoms with Crippen LogP contribution in [0.25, 0.3) is 0 Å². The van der Waals surface area contributed by atoms with Crippen molar-refractivity contribution in [3.8, 4) is 0 Å². The third-order valence-electron chi connectivity index (χ3n) is 7.68. The number of piperidine rings is 1. The zero-order chi connectivity index (χ0) is 26.5. The number of nitrogens with zero attached hydrogens (tertiary/aromatic N) is 3. The highest BCUT2D eigenvalue weighted by Gasteiger charge is 2.48. The summed E-state index contributed by atoms with van der Waals surface area (Å²) in [5.74, 6) is -1.31. The third-order valence-corrected chi connectivity index (χ3v) is 9.30. The van der Waals surface area contributed by atoms with E-state index in [1.165, 1.54) is 42.5 Å². The Bertz CT molecular complexity index is 1650. The van der Waals surface area contributed by atoms with Gasteiger partial charge in [-0.1, -0.05) is 12.1 Å². The lowest BCUT2D eigenvalue weighted by atomic mass is 9.61. The predicted octanol–water partition coefficient (Wildman–Crippen LogP) is 3.67. The van der Waals surface area contributed by atoms with Gasteiger partial charge in [0.1, 0.15) is 17.3 Å². The Labute approximate surface area is 218 Å². The number of halogens is 2. The quantitative estimate of drug-likeness (QED) is 0.393. The molecule has 4 aromatic rings. The molecule has 0 saturated carbocycles. The largest absolute Gasteiger partial charge is 0.316 e. The van der Waals surface area contributed by atoms with Gasteiger partial charge in [0.05, 0.1) is 16.8 Å². The number of fused-ring (bicyclic) bond motifs is 2. The molecule has 38 heavy (non-hydrogen) atoms. The number of benzene rings is 2. The van der Waals surface area contributed by atoms with E-state index in [1.807, 2.05) is 6.07 Å². The molecule has 1 aliphatic carbocycles. The number of hydrogen-bond donors (Lipinski definition) is 1. The highest BCUT2D eigenvalue weighted by molar-refractivity contribution is 7.89. The number of pyridine rings is 1. The molecule has 10 heteroatoms. The Morgan fingerprint density at radius 1 is 1.03 bits per heavy atom. The first-order chi connectivity index (χ1) is 18.3. The molecule has 0 bridgehead atoms. The lowest BCUT2D eigenvalue weighted by Gasteiger charge is -2.47. The molecule has 2 aromatic carbocycles. The van der Waals surface area contributed by atoms with Gasteiger partial charge in [-0.3, -0.25) is 4.79 Å². The second-order valence-corrected chi connectivity index (χ2v) is 11.6. The standard InChI is InChI=1S/C28H24F2N4O3S/c29-21-9-7-18(8-10-21)27(35)24-5-2-6-26(33-24)28-15-19-16-32-34(25(19)13-20(28)11-12-31-17-28)38(36,37)23-4-1-3-22(30)14-23/h1-10,14,16,20,31H,11-13,15,17H2/t20-,28-/m0/s1. The first-order valence-electron chi connectivity index (χ1n) is 12.3. The fourth-order valence-corrected chi connectivity index (χ4v) is 7.11. The number of ketones is 1. The Morgan fingerprint density at radius 3 is 2.61 bits per heavy atom. The van der Waals surface area contributed by atoms with Crippen LogP contribution in [-0.4, -0.2) is 41.5 Å². The minimum absolute atomic E-state index is 0.0399. The van der Waals surface area contributed by atoms with Crippen LogP contribution in [0.1, 0.15) is 39.4 Å². The van der Waals surface area contributed by atoms with Crippen LogP contribution in [-0.2, 0) is 28.3 Å². The monoisotopic (exact) mass is 534 g/mol. The zero-order valence-corrected chi connectivity index (χ0v) is 21.1. The number of nitrogens with one attached hydrogen (secondary N) is 1. The van der Waals surface area contributed by atoms with Gasteiger partial charge in [-0.15, -0.1) is 0 Å². The van der Waals surface area contributed by atoms with E-state index >= 15 is 0 Å². The number of hydrogen-bond acceptors (Lipinski definition) is 6. The van der Waals surface area contributed by atoms with E-state index < -0.39 is 27.1 Å².